The number of thiazole rings is 1. The molecule has 0 radical (unpaired) electrons. The minimum atomic E-state index is -0.981. The lowest BCUT2D eigenvalue weighted by Crippen LogP contribution is -2.48. The number of benzene rings is 1. The largest absolute Gasteiger partial charge is 0.477 e. The van der Waals surface area contributed by atoms with Crippen LogP contribution in [0.15, 0.2) is 11.6 Å². The maximum atomic E-state index is 12.8. The van der Waals surface area contributed by atoms with Gasteiger partial charge in [0.15, 0.2) is 10.7 Å². The molecule has 138 valence electrons. The van der Waals surface area contributed by atoms with Crippen molar-refractivity contribution in [1.82, 2.24) is 4.98 Å². The van der Waals surface area contributed by atoms with Gasteiger partial charge < -0.3 is 9.47 Å². The minimum absolute atomic E-state index is 0.211. The van der Waals surface area contributed by atoms with Crippen molar-refractivity contribution in [2.24, 2.45) is 0 Å². The van der Waals surface area contributed by atoms with Crippen molar-refractivity contribution >= 4 is 28.3 Å². The molecule has 0 saturated heterocycles. The van der Waals surface area contributed by atoms with Crippen LogP contribution in [0.3, 0.4) is 0 Å². The molecule has 3 rings (SSSR count). The summed E-state index contributed by atoms with van der Waals surface area (Å²) in [6.45, 7) is 8.93. The molecule has 0 saturated carbocycles. The van der Waals surface area contributed by atoms with Crippen molar-refractivity contribution in [3.8, 4) is 11.5 Å². The second-order valence-corrected chi connectivity index (χ2v) is 7.62. The minimum Gasteiger partial charge on any atom is -0.477 e. The highest BCUT2D eigenvalue weighted by Gasteiger charge is 2.41. The first kappa shape index (κ1) is 18.4. The number of aromatic nitrogens is 1. The summed E-state index contributed by atoms with van der Waals surface area (Å²) in [6, 6.07) is 0. The van der Waals surface area contributed by atoms with Crippen LogP contribution in [0, 0.1) is 20.8 Å². The number of carbonyl (C=O) groups excluding carboxylic acids is 2. The molecule has 1 aromatic heterocycles. The van der Waals surface area contributed by atoms with E-state index in [1.807, 2.05) is 26.2 Å². The molecule has 6 nitrogen and oxygen atoms in total. The van der Waals surface area contributed by atoms with Gasteiger partial charge in [0.2, 0.25) is 0 Å². The van der Waals surface area contributed by atoms with E-state index in [1.54, 1.807) is 13.1 Å². The lowest BCUT2D eigenvalue weighted by molar-refractivity contribution is -0.132. The quantitative estimate of drug-likeness (QED) is 0.654. The molecule has 0 bridgehead atoms. The van der Waals surface area contributed by atoms with E-state index in [-0.39, 0.29) is 11.9 Å². The summed E-state index contributed by atoms with van der Waals surface area (Å²) >= 11 is 1.37. The standard InChI is InChI=1S/C19H22N2O4S/c1-10-11(2)16-14(12(3)15(10)24-13(4)22)6-7-19(5,25-16)17(23)21-18-20-8-9-26-18/h8-9H,6-7H2,1-5H3,(H,20,21,23). The van der Waals surface area contributed by atoms with Gasteiger partial charge in [0, 0.05) is 30.5 Å². The van der Waals surface area contributed by atoms with E-state index in [1.165, 1.54) is 18.3 Å². The summed E-state index contributed by atoms with van der Waals surface area (Å²) in [5.74, 6) is 0.740. The van der Waals surface area contributed by atoms with Gasteiger partial charge in [0.25, 0.3) is 5.91 Å². The normalized spacial score (nSPS) is 18.7. The van der Waals surface area contributed by atoms with E-state index in [4.69, 9.17) is 9.47 Å². The number of hydrogen-bond acceptors (Lipinski definition) is 6. The Kier molecular flexibility index (Phi) is 4.75. The summed E-state index contributed by atoms with van der Waals surface area (Å²) in [5, 5.41) is 5.19. The van der Waals surface area contributed by atoms with Gasteiger partial charge in [-0.15, -0.1) is 11.3 Å². The average Bonchev–Trinajstić information content (AvgIpc) is 3.09. The lowest BCUT2D eigenvalue weighted by atomic mass is 9.86. The zero-order valence-corrected chi connectivity index (χ0v) is 16.4. The summed E-state index contributed by atoms with van der Waals surface area (Å²) in [7, 11) is 0. The first-order valence-corrected chi connectivity index (χ1v) is 9.32. The highest BCUT2D eigenvalue weighted by atomic mass is 32.1. The number of carbonyl (C=O) groups is 2. The van der Waals surface area contributed by atoms with Gasteiger partial charge >= 0.3 is 5.97 Å². The second kappa shape index (κ2) is 6.72. The highest BCUT2D eigenvalue weighted by molar-refractivity contribution is 7.13. The monoisotopic (exact) mass is 374 g/mol. The first-order valence-electron chi connectivity index (χ1n) is 8.44. The van der Waals surface area contributed by atoms with Gasteiger partial charge in [0.1, 0.15) is 11.5 Å². The van der Waals surface area contributed by atoms with E-state index in [0.717, 1.165) is 22.3 Å². The van der Waals surface area contributed by atoms with Crippen LogP contribution in [0.1, 0.15) is 42.5 Å². The molecule has 0 aliphatic carbocycles. The molecule has 1 unspecified atom stereocenters. The van der Waals surface area contributed by atoms with Gasteiger partial charge in [-0.2, -0.15) is 0 Å². The molecule has 2 aromatic rings. The number of esters is 1. The van der Waals surface area contributed by atoms with Gasteiger partial charge in [-0.1, -0.05) is 0 Å². The summed E-state index contributed by atoms with van der Waals surface area (Å²) < 4.78 is 11.6. The van der Waals surface area contributed by atoms with Crippen LogP contribution in [0.2, 0.25) is 0 Å². The van der Waals surface area contributed by atoms with E-state index in [2.05, 4.69) is 10.3 Å². The van der Waals surface area contributed by atoms with Gasteiger partial charge in [-0.25, -0.2) is 4.98 Å². The van der Waals surface area contributed by atoms with Crippen LogP contribution in [0.5, 0.6) is 11.5 Å². The number of nitrogens with one attached hydrogen (secondary N) is 1. The van der Waals surface area contributed by atoms with E-state index in [9.17, 15) is 9.59 Å². The van der Waals surface area contributed by atoms with Crippen LogP contribution >= 0.6 is 11.3 Å². The number of nitrogens with zero attached hydrogens (tertiary/aromatic N) is 1. The molecule has 26 heavy (non-hydrogen) atoms. The zero-order chi connectivity index (χ0) is 19.1. The predicted molar refractivity (Wildman–Crippen MR) is 100 cm³/mol. The summed E-state index contributed by atoms with van der Waals surface area (Å²) in [4.78, 5) is 28.3. The number of hydrogen-bond donors (Lipinski definition) is 1. The fourth-order valence-corrected chi connectivity index (χ4v) is 3.73. The molecule has 2 heterocycles. The van der Waals surface area contributed by atoms with Crippen molar-refractivity contribution in [1.29, 1.82) is 0 Å². The van der Waals surface area contributed by atoms with Crippen molar-refractivity contribution in [3.63, 3.8) is 0 Å². The third-order valence-corrected chi connectivity index (χ3v) is 5.56. The number of amides is 1. The molecular weight excluding hydrogens is 352 g/mol. The summed E-state index contributed by atoms with van der Waals surface area (Å²) in [5.41, 5.74) is 2.63. The van der Waals surface area contributed by atoms with Gasteiger partial charge in [0.05, 0.1) is 0 Å². The zero-order valence-electron chi connectivity index (χ0n) is 15.6. The van der Waals surface area contributed by atoms with E-state index >= 15 is 0 Å². The van der Waals surface area contributed by atoms with Gasteiger partial charge in [-0.3, -0.25) is 14.9 Å². The van der Waals surface area contributed by atoms with E-state index in [0.29, 0.717) is 29.5 Å². The third-order valence-electron chi connectivity index (χ3n) is 4.87. The van der Waals surface area contributed by atoms with Gasteiger partial charge in [-0.05, 0) is 50.8 Å². The van der Waals surface area contributed by atoms with Crippen molar-refractivity contribution in [2.75, 3.05) is 5.32 Å². The summed E-state index contributed by atoms with van der Waals surface area (Å²) in [6.07, 6.45) is 2.84. The molecule has 0 fully saturated rings. The Morgan fingerprint density at radius 3 is 2.62 bits per heavy atom. The molecule has 1 aliphatic rings. The number of anilines is 1. The van der Waals surface area contributed by atoms with Crippen molar-refractivity contribution in [3.05, 3.63) is 33.8 Å². The number of rotatable bonds is 3. The highest BCUT2D eigenvalue weighted by Crippen LogP contribution is 2.44. The maximum Gasteiger partial charge on any atom is 0.308 e. The fraction of sp³-hybridized carbons (Fsp3) is 0.421. The Balaban J connectivity index is 1.95. The topological polar surface area (TPSA) is 77.5 Å². The van der Waals surface area contributed by atoms with Crippen molar-refractivity contribution in [2.45, 2.75) is 53.1 Å². The maximum absolute atomic E-state index is 12.8. The predicted octanol–water partition coefficient (Wildman–Crippen LogP) is 3.72. The first-order chi connectivity index (χ1) is 12.2. The lowest BCUT2D eigenvalue weighted by Gasteiger charge is -2.36. The number of ether oxygens (including phenoxy) is 2. The average molecular weight is 374 g/mol. The Morgan fingerprint density at radius 1 is 1.27 bits per heavy atom. The van der Waals surface area contributed by atoms with Crippen LogP contribution in [0.4, 0.5) is 5.13 Å². The third kappa shape index (κ3) is 3.19. The van der Waals surface area contributed by atoms with Crippen LogP contribution in [-0.2, 0) is 16.0 Å². The molecule has 1 aromatic carbocycles. The molecule has 1 N–H and O–H groups in total. The van der Waals surface area contributed by atoms with E-state index < -0.39 is 5.60 Å². The van der Waals surface area contributed by atoms with Crippen LogP contribution in [0.25, 0.3) is 0 Å². The molecule has 1 aliphatic heterocycles. The molecule has 7 heteroatoms. The molecular formula is C19H22N2O4S. The smallest absolute Gasteiger partial charge is 0.308 e. The molecule has 1 amide bonds. The molecule has 0 spiro atoms. The fourth-order valence-electron chi connectivity index (χ4n) is 3.21. The van der Waals surface area contributed by atoms with Crippen molar-refractivity contribution < 1.29 is 19.1 Å². The SMILES string of the molecule is CC(=O)Oc1c(C)c(C)c2c(c1C)CCC(C)(C(=O)Nc1nccs1)O2. The number of fused-ring (bicyclic) bond motifs is 1. The Hall–Kier alpha value is -2.41. The Morgan fingerprint density at radius 2 is 2.00 bits per heavy atom. The van der Waals surface area contributed by atoms with Crippen LogP contribution in [-0.4, -0.2) is 22.5 Å². The molecule has 1 atom stereocenters. The Labute approximate surface area is 156 Å². The second-order valence-electron chi connectivity index (χ2n) is 6.73. The Bertz CT molecular complexity index is 876. The van der Waals surface area contributed by atoms with Crippen LogP contribution < -0.4 is 14.8 Å².